The van der Waals surface area contributed by atoms with Crippen molar-refractivity contribution in [3.05, 3.63) is 75.9 Å². The van der Waals surface area contributed by atoms with Crippen molar-refractivity contribution in [1.29, 1.82) is 5.26 Å². The van der Waals surface area contributed by atoms with Gasteiger partial charge in [0.05, 0.1) is 45.9 Å². The van der Waals surface area contributed by atoms with E-state index in [1.807, 2.05) is 4.90 Å². The number of benzene rings is 2. The van der Waals surface area contributed by atoms with Crippen LogP contribution < -0.4 is 25.6 Å². The second-order valence-corrected chi connectivity index (χ2v) is 16.0. The van der Waals surface area contributed by atoms with Crippen molar-refractivity contribution >= 4 is 52.6 Å². The lowest BCUT2D eigenvalue weighted by Gasteiger charge is -2.50. The van der Waals surface area contributed by atoms with Crippen LogP contribution in [0.3, 0.4) is 0 Å². The van der Waals surface area contributed by atoms with Gasteiger partial charge in [0.1, 0.15) is 35.2 Å². The molecule has 1 aromatic heterocycles. The zero-order valence-corrected chi connectivity index (χ0v) is 32.5. The van der Waals surface area contributed by atoms with Gasteiger partial charge in [0.2, 0.25) is 11.8 Å². The number of carbonyl (C=O) groups is 5. The number of amides is 5. The van der Waals surface area contributed by atoms with Gasteiger partial charge in [-0.3, -0.25) is 39.1 Å². The standard InChI is InChI=1S/C41H43ClFN9O6/c42-31-17-28(4-1-23(31)20-44)58-27-5-2-24(3-6-27)51(26-11-15-50(16-12-26)36-22-46-33(21-47-36)38(45)54)25-9-13-49(14-10-25)35-19-30-29(18-32(35)43)40(56)52(41(30)57)34-7-8-37(53)48-39(34)55/h1,4,17-19,21-22,24-27,34H,2-3,5-16H2,(H2,45,54)(H,48,53,55). The van der Waals surface area contributed by atoms with Crippen molar-refractivity contribution in [1.82, 2.24) is 25.1 Å². The Kier molecular flexibility index (Phi) is 11.0. The third-order valence-electron chi connectivity index (χ3n) is 12.3. The molecule has 3 aromatic rings. The number of nitriles is 1. The van der Waals surface area contributed by atoms with Gasteiger partial charge in [-0.15, -0.1) is 0 Å². The summed E-state index contributed by atoms with van der Waals surface area (Å²) in [6, 6.07) is 9.42. The normalized spacial score (nSPS) is 23.2. The Bertz CT molecular complexity index is 2180. The molecule has 302 valence electrons. The highest BCUT2D eigenvalue weighted by molar-refractivity contribution is 6.31. The number of fused-ring (bicyclic) bond motifs is 1. The summed E-state index contributed by atoms with van der Waals surface area (Å²) in [6.45, 7) is 2.58. The minimum Gasteiger partial charge on any atom is -0.490 e. The van der Waals surface area contributed by atoms with Crippen LogP contribution in [0, 0.1) is 17.1 Å². The Labute approximate surface area is 339 Å². The van der Waals surface area contributed by atoms with Crippen LogP contribution in [-0.2, 0) is 9.59 Å². The predicted molar refractivity (Wildman–Crippen MR) is 209 cm³/mol. The molecule has 5 heterocycles. The second kappa shape index (κ2) is 16.3. The number of imide groups is 2. The maximum Gasteiger partial charge on any atom is 0.268 e. The SMILES string of the molecule is N#Cc1ccc(OC2CCC(N(C3CCN(c4cnc(C(N)=O)cn4)CC3)C3CCN(c4cc5c(cc4F)C(=O)N(C4CCC(=O)NC4=O)C5=O)CC3)CC2)cc1Cl. The van der Waals surface area contributed by atoms with Gasteiger partial charge in [0, 0.05) is 56.8 Å². The molecule has 0 bridgehead atoms. The van der Waals surface area contributed by atoms with E-state index in [1.54, 1.807) is 24.4 Å². The molecule has 5 amide bonds. The van der Waals surface area contributed by atoms with Crippen molar-refractivity contribution < 1.29 is 33.1 Å². The average molecular weight is 812 g/mol. The molecule has 15 nitrogen and oxygen atoms in total. The zero-order chi connectivity index (χ0) is 40.7. The highest BCUT2D eigenvalue weighted by Crippen LogP contribution is 2.38. The Morgan fingerprint density at radius 1 is 0.862 bits per heavy atom. The zero-order valence-electron chi connectivity index (χ0n) is 31.7. The van der Waals surface area contributed by atoms with Crippen LogP contribution >= 0.6 is 11.6 Å². The molecule has 58 heavy (non-hydrogen) atoms. The van der Waals surface area contributed by atoms with E-state index in [4.69, 9.17) is 22.1 Å². The first-order chi connectivity index (χ1) is 28.0. The lowest BCUT2D eigenvalue weighted by molar-refractivity contribution is -0.136. The van der Waals surface area contributed by atoms with E-state index in [-0.39, 0.29) is 53.5 Å². The van der Waals surface area contributed by atoms with Gasteiger partial charge in [0.25, 0.3) is 17.7 Å². The molecule has 4 fully saturated rings. The van der Waals surface area contributed by atoms with E-state index in [2.05, 4.69) is 31.2 Å². The van der Waals surface area contributed by atoms with E-state index >= 15 is 4.39 Å². The number of rotatable bonds is 9. The number of primary amides is 1. The Hall–Kier alpha value is -5.66. The quantitative estimate of drug-likeness (QED) is 0.296. The van der Waals surface area contributed by atoms with Crippen molar-refractivity contribution in [2.45, 2.75) is 94.5 Å². The van der Waals surface area contributed by atoms with Crippen molar-refractivity contribution in [2.24, 2.45) is 5.73 Å². The van der Waals surface area contributed by atoms with Crippen LogP contribution in [0.15, 0.2) is 42.7 Å². The number of anilines is 2. The summed E-state index contributed by atoms with van der Waals surface area (Å²) >= 11 is 6.28. The fourth-order valence-corrected chi connectivity index (χ4v) is 9.55. The van der Waals surface area contributed by atoms with Crippen LogP contribution in [0.2, 0.25) is 5.02 Å². The molecule has 8 rings (SSSR count). The molecule has 0 spiro atoms. The topological polar surface area (TPSA) is 195 Å². The number of nitrogens with two attached hydrogens (primary N) is 1. The Balaban J connectivity index is 0.959. The maximum atomic E-state index is 15.8. The molecule has 1 aliphatic carbocycles. The molecule has 0 radical (unpaired) electrons. The lowest BCUT2D eigenvalue weighted by atomic mass is 9.86. The van der Waals surface area contributed by atoms with Crippen LogP contribution in [0.4, 0.5) is 15.9 Å². The van der Waals surface area contributed by atoms with Gasteiger partial charge >= 0.3 is 0 Å². The molecule has 17 heteroatoms. The number of hydrogen-bond donors (Lipinski definition) is 2. The molecule has 5 aliphatic rings. The first kappa shape index (κ1) is 39.2. The van der Waals surface area contributed by atoms with E-state index in [1.165, 1.54) is 12.3 Å². The second-order valence-electron chi connectivity index (χ2n) is 15.6. The van der Waals surface area contributed by atoms with Gasteiger partial charge in [0.15, 0.2) is 0 Å². The summed E-state index contributed by atoms with van der Waals surface area (Å²) in [4.78, 5) is 78.9. The Morgan fingerprint density at radius 2 is 1.50 bits per heavy atom. The van der Waals surface area contributed by atoms with Gasteiger partial charge in [-0.2, -0.15) is 5.26 Å². The first-order valence-corrected chi connectivity index (χ1v) is 20.2. The van der Waals surface area contributed by atoms with Gasteiger partial charge in [-0.25, -0.2) is 14.4 Å². The number of ether oxygens (including phenoxy) is 1. The first-order valence-electron chi connectivity index (χ1n) is 19.8. The summed E-state index contributed by atoms with van der Waals surface area (Å²) in [5.74, 6) is -2.48. The number of halogens is 2. The van der Waals surface area contributed by atoms with E-state index < -0.39 is 41.4 Å². The van der Waals surface area contributed by atoms with Crippen molar-refractivity contribution in [2.75, 3.05) is 36.0 Å². The molecule has 3 saturated heterocycles. The minimum absolute atomic E-state index is 0.00146. The monoisotopic (exact) mass is 811 g/mol. The number of nitrogens with zero attached hydrogens (tertiary/aromatic N) is 7. The highest BCUT2D eigenvalue weighted by atomic mass is 35.5. The molecular weight excluding hydrogens is 769 g/mol. The van der Waals surface area contributed by atoms with Gasteiger partial charge < -0.3 is 20.3 Å². The smallest absolute Gasteiger partial charge is 0.268 e. The van der Waals surface area contributed by atoms with E-state index in [0.29, 0.717) is 41.3 Å². The third-order valence-corrected chi connectivity index (χ3v) is 12.6. The summed E-state index contributed by atoms with van der Waals surface area (Å²) in [6.07, 6.45) is 9.86. The molecule has 4 aliphatic heterocycles. The predicted octanol–water partition coefficient (Wildman–Crippen LogP) is 3.97. The number of nitrogens with one attached hydrogen (secondary N) is 1. The summed E-state index contributed by atoms with van der Waals surface area (Å²) in [7, 11) is 0. The number of carbonyl (C=O) groups excluding carboxylic acids is 5. The van der Waals surface area contributed by atoms with Crippen molar-refractivity contribution in [3.63, 3.8) is 0 Å². The van der Waals surface area contributed by atoms with E-state index in [9.17, 15) is 29.2 Å². The van der Waals surface area contributed by atoms with Gasteiger partial charge in [-0.05, 0) is 82.1 Å². The molecule has 2 aromatic carbocycles. The average Bonchev–Trinajstić information content (AvgIpc) is 3.46. The summed E-state index contributed by atoms with van der Waals surface area (Å²) in [5, 5.41) is 11.8. The number of piperidine rings is 3. The van der Waals surface area contributed by atoms with Crippen LogP contribution in [-0.4, -0.2) is 106 Å². The summed E-state index contributed by atoms with van der Waals surface area (Å²) in [5.41, 5.74) is 6.10. The van der Waals surface area contributed by atoms with Gasteiger partial charge in [-0.1, -0.05) is 11.6 Å². The lowest BCUT2D eigenvalue weighted by Crippen LogP contribution is -2.57. The summed E-state index contributed by atoms with van der Waals surface area (Å²) < 4.78 is 22.2. The fourth-order valence-electron chi connectivity index (χ4n) is 9.34. The molecule has 1 saturated carbocycles. The van der Waals surface area contributed by atoms with Crippen LogP contribution in [0.25, 0.3) is 0 Å². The minimum atomic E-state index is -1.13. The molecule has 3 N–H and O–H groups in total. The largest absolute Gasteiger partial charge is 0.490 e. The molecule has 1 unspecified atom stereocenters. The van der Waals surface area contributed by atoms with Crippen LogP contribution in [0.1, 0.15) is 101 Å². The molecule has 1 atom stereocenters. The highest BCUT2D eigenvalue weighted by Gasteiger charge is 2.46. The third kappa shape index (κ3) is 7.68. The molecular formula is C41H43ClFN9O6. The van der Waals surface area contributed by atoms with Crippen molar-refractivity contribution in [3.8, 4) is 11.8 Å². The maximum absolute atomic E-state index is 15.8. The number of aromatic nitrogens is 2. The Morgan fingerprint density at radius 3 is 2.09 bits per heavy atom. The fraction of sp³-hybridized carbons (Fsp3) is 0.463. The van der Waals surface area contributed by atoms with E-state index in [0.717, 1.165) is 75.4 Å². The number of hydrogen-bond acceptors (Lipinski definition) is 12. The van der Waals surface area contributed by atoms with Crippen LogP contribution in [0.5, 0.6) is 5.75 Å².